The number of hydrogen-bond donors (Lipinski definition) is 2. The summed E-state index contributed by atoms with van der Waals surface area (Å²) in [6.07, 6.45) is 2.93. The largest absolute Gasteiger partial charge is 0.462 e. The van der Waals surface area contributed by atoms with E-state index in [0.717, 1.165) is 5.76 Å². The zero-order valence-corrected chi connectivity index (χ0v) is 14.7. The molecule has 6 nitrogen and oxygen atoms in total. The number of carbonyl (C=O) groups is 2. The van der Waals surface area contributed by atoms with Crippen LogP contribution in [0.15, 0.2) is 40.8 Å². The second-order valence-electron chi connectivity index (χ2n) is 5.21. The maximum Gasteiger partial charge on any atom is 0.252 e. The van der Waals surface area contributed by atoms with Gasteiger partial charge in [-0.15, -0.1) is 0 Å². The van der Waals surface area contributed by atoms with E-state index in [-0.39, 0.29) is 16.8 Å². The maximum absolute atomic E-state index is 12.0. The van der Waals surface area contributed by atoms with Crippen molar-refractivity contribution in [3.8, 4) is 0 Å². The van der Waals surface area contributed by atoms with Crippen LogP contribution in [0.3, 0.4) is 0 Å². The Morgan fingerprint density at radius 2 is 2.08 bits per heavy atom. The first-order valence-corrected chi connectivity index (χ1v) is 7.99. The van der Waals surface area contributed by atoms with Gasteiger partial charge in [0.25, 0.3) is 5.91 Å². The molecule has 2 N–H and O–H groups in total. The predicted molar refractivity (Wildman–Crippen MR) is 96.8 cm³/mol. The SMILES string of the molecule is COCCNC(=O)c1ccc(NC(=O)/C=C/c2ccc(C)o2)cc1Cl. The van der Waals surface area contributed by atoms with Gasteiger partial charge in [-0.05, 0) is 43.3 Å². The van der Waals surface area contributed by atoms with Crippen LogP contribution in [0.25, 0.3) is 6.08 Å². The van der Waals surface area contributed by atoms with Crippen LogP contribution in [-0.2, 0) is 9.53 Å². The number of nitrogens with one attached hydrogen (secondary N) is 2. The van der Waals surface area contributed by atoms with E-state index in [1.165, 1.54) is 12.1 Å². The van der Waals surface area contributed by atoms with Gasteiger partial charge in [0.05, 0.1) is 17.2 Å². The van der Waals surface area contributed by atoms with Crippen molar-refractivity contribution in [3.63, 3.8) is 0 Å². The van der Waals surface area contributed by atoms with Gasteiger partial charge in [-0.3, -0.25) is 9.59 Å². The van der Waals surface area contributed by atoms with Gasteiger partial charge in [0.15, 0.2) is 0 Å². The second kappa shape index (κ2) is 9.05. The van der Waals surface area contributed by atoms with Crippen LogP contribution in [0, 0.1) is 6.92 Å². The highest BCUT2D eigenvalue weighted by molar-refractivity contribution is 6.34. The lowest BCUT2D eigenvalue weighted by molar-refractivity contribution is -0.111. The Kier molecular flexibility index (Phi) is 6.80. The summed E-state index contributed by atoms with van der Waals surface area (Å²) in [5.74, 6) is 0.732. The van der Waals surface area contributed by atoms with Gasteiger partial charge in [-0.25, -0.2) is 0 Å². The number of halogens is 1. The van der Waals surface area contributed by atoms with Gasteiger partial charge in [-0.1, -0.05) is 11.6 Å². The summed E-state index contributed by atoms with van der Waals surface area (Å²) in [6.45, 7) is 2.63. The molecule has 1 aromatic heterocycles. The van der Waals surface area contributed by atoms with Crippen LogP contribution in [-0.4, -0.2) is 32.1 Å². The Morgan fingerprint density at radius 1 is 1.28 bits per heavy atom. The number of amides is 2. The van der Waals surface area contributed by atoms with Crippen LogP contribution in [0.2, 0.25) is 5.02 Å². The summed E-state index contributed by atoms with van der Waals surface area (Å²) in [7, 11) is 1.55. The van der Waals surface area contributed by atoms with Crippen molar-refractivity contribution in [2.45, 2.75) is 6.92 Å². The third-order valence-electron chi connectivity index (χ3n) is 3.23. The van der Waals surface area contributed by atoms with Crippen LogP contribution in [0.1, 0.15) is 21.9 Å². The molecular weight excluding hydrogens is 344 g/mol. The number of ether oxygens (including phenoxy) is 1. The summed E-state index contributed by atoms with van der Waals surface area (Å²) in [6, 6.07) is 8.27. The number of rotatable bonds is 7. The number of hydrogen-bond acceptors (Lipinski definition) is 4. The first-order valence-electron chi connectivity index (χ1n) is 7.62. The zero-order chi connectivity index (χ0) is 18.2. The molecule has 132 valence electrons. The van der Waals surface area contributed by atoms with Crippen molar-refractivity contribution < 1.29 is 18.7 Å². The standard InChI is InChI=1S/C18H19ClN2O4/c1-12-3-5-14(25-12)6-8-17(22)21-13-4-7-15(16(19)11-13)18(23)20-9-10-24-2/h3-8,11H,9-10H2,1-2H3,(H,20,23)(H,21,22)/b8-6+. The minimum atomic E-state index is -0.331. The molecule has 0 aliphatic rings. The molecule has 0 fully saturated rings. The zero-order valence-electron chi connectivity index (χ0n) is 14.0. The molecule has 0 aliphatic heterocycles. The van der Waals surface area contributed by atoms with E-state index in [1.54, 1.807) is 31.4 Å². The fourth-order valence-corrected chi connectivity index (χ4v) is 2.29. The number of aryl methyl sites for hydroxylation is 1. The quantitative estimate of drug-likeness (QED) is 0.585. The van der Waals surface area contributed by atoms with Crippen LogP contribution in [0.5, 0.6) is 0 Å². The van der Waals surface area contributed by atoms with Crippen molar-refractivity contribution in [3.05, 3.63) is 58.5 Å². The monoisotopic (exact) mass is 362 g/mol. The van der Waals surface area contributed by atoms with Crippen molar-refractivity contribution in [2.24, 2.45) is 0 Å². The fraction of sp³-hybridized carbons (Fsp3) is 0.222. The topological polar surface area (TPSA) is 80.6 Å². The van der Waals surface area contributed by atoms with Crippen molar-refractivity contribution in [1.29, 1.82) is 0 Å². The van der Waals surface area contributed by atoms with E-state index in [4.69, 9.17) is 20.8 Å². The molecule has 0 atom stereocenters. The van der Waals surface area contributed by atoms with Crippen LogP contribution >= 0.6 is 11.6 Å². The second-order valence-corrected chi connectivity index (χ2v) is 5.62. The Bertz CT molecular complexity index is 783. The Hall–Kier alpha value is -2.57. The van der Waals surface area contributed by atoms with E-state index >= 15 is 0 Å². The number of furan rings is 1. The summed E-state index contributed by atoms with van der Waals surface area (Å²) in [4.78, 5) is 23.9. The van der Waals surface area contributed by atoms with E-state index in [0.29, 0.717) is 30.2 Å². The molecule has 0 unspecified atom stereocenters. The molecule has 2 aromatic rings. The molecule has 1 aromatic carbocycles. The highest BCUT2D eigenvalue weighted by Crippen LogP contribution is 2.21. The third-order valence-corrected chi connectivity index (χ3v) is 3.55. The Morgan fingerprint density at radius 3 is 2.72 bits per heavy atom. The highest BCUT2D eigenvalue weighted by atomic mass is 35.5. The average molecular weight is 363 g/mol. The molecule has 0 spiro atoms. The molecule has 0 radical (unpaired) electrons. The van der Waals surface area contributed by atoms with Gasteiger partial charge in [0.2, 0.25) is 5.91 Å². The maximum atomic E-state index is 12.0. The molecule has 0 aliphatic carbocycles. The molecule has 0 bridgehead atoms. The number of anilines is 1. The lowest BCUT2D eigenvalue weighted by Gasteiger charge is -2.08. The lowest BCUT2D eigenvalue weighted by Crippen LogP contribution is -2.27. The minimum Gasteiger partial charge on any atom is -0.462 e. The molecular formula is C18H19ClN2O4. The normalized spacial score (nSPS) is 10.8. The molecule has 2 amide bonds. The number of methoxy groups -OCH3 is 1. The predicted octanol–water partition coefficient (Wildman–Crippen LogP) is 3.27. The fourth-order valence-electron chi connectivity index (χ4n) is 2.02. The van der Waals surface area contributed by atoms with Crippen LogP contribution < -0.4 is 10.6 Å². The molecule has 7 heteroatoms. The lowest BCUT2D eigenvalue weighted by atomic mass is 10.2. The van der Waals surface area contributed by atoms with E-state index in [9.17, 15) is 9.59 Å². The average Bonchev–Trinajstić information content (AvgIpc) is 2.98. The molecule has 25 heavy (non-hydrogen) atoms. The van der Waals surface area contributed by atoms with E-state index in [1.807, 2.05) is 13.0 Å². The molecule has 0 saturated heterocycles. The van der Waals surface area contributed by atoms with E-state index in [2.05, 4.69) is 10.6 Å². The highest BCUT2D eigenvalue weighted by Gasteiger charge is 2.11. The summed E-state index contributed by atoms with van der Waals surface area (Å²) >= 11 is 6.12. The smallest absolute Gasteiger partial charge is 0.252 e. The summed E-state index contributed by atoms with van der Waals surface area (Å²) in [5.41, 5.74) is 0.820. The number of carbonyl (C=O) groups excluding carboxylic acids is 2. The first kappa shape index (κ1) is 18.8. The van der Waals surface area contributed by atoms with Crippen molar-refractivity contribution in [1.82, 2.24) is 5.32 Å². The van der Waals surface area contributed by atoms with Gasteiger partial charge in [0.1, 0.15) is 11.5 Å². The summed E-state index contributed by atoms with van der Waals surface area (Å²) < 4.78 is 10.2. The Labute approximate surface area is 150 Å². The first-order chi connectivity index (χ1) is 12.0. The van der Waals surface area contributed by atoms with Gasteiger partial charge >= 0.3 is 0 Å². The van der Waals surface area contributed by atoms with Gasteiger partial charge < -0.3 is 19.8 Å². The summed E-state index contributed by atoms with van der Waals surface area (Å²) in [5, 5.41) is 5.61. The van der Waals surface area contributed by atoms with Crippen molar-refractivity contribution >= 4 is 35.2 Å². The van der Waals surface area contributed by atoms with Crippen molar-refractivity contribution in [2.75, 3.05) is 25.6 Å². The number of benzene rings is 1. The third kappa shape index (κ3) is 5.77. The molecule has 2 rings (SSSR count). The van der Waals surface area contributed by atoms with Gasteiger partial charge in [0, 0.05) is 25.4 Å². The molecule has 0 saturated carbocycles. The Balaban J connectivity index is 1.96. The van der Waals surface area contributed by atoms with Gasteiger partial charge in [-0.2, -0.15) is 0 Å². The van der Waals surface area contributed by atoms with E-state index < -0.39 is 0 Å². The minimum absolute atomic E-state index is 0.248. The molecule has 1 heterocycles. The van der Waals surface area contributed by atoms with Crippen LogP contribution in [0.4, 0.5) is 5.69 Å².